The molecule has 0 amide bonds. The van der Waals surface area contributed by atoms with E-state index in [0.29, 0.717) is 17.9 Å². The van der Waals surface area contributed by atoms with Crippen LogP contribution in [0.15, 0.2) is 53.0 Å². The van der Waals surface area contributed by atoms with Gasteiger partial charge in [0.1, 0.15) is 24.0 Å². The highest BCUT2D eigenvalue weighted by Crippen LogP contribution is 2.23. The van der Waals surface area contributed by atoms with Crippen LogP contribution in [-0.2, 0) is 11.3 Å². The lowest BCUT2D eigenvalue weighted by atomic mass is 10.2. The van der Waals surface area contributed by atoms with Gasteiger partial charge >= 0.3 is 5.97 Å². The van der Waals surface area contributed by atoms with Crippen molar-refractivity contribution in [3.63, 3.8) is 0 Å². The molecule has 0 heterocycles. The molecule has 0 aliphatic carbocycles. The van der Waals surface area contributed by atoms with Gasteiger partial charge in [0.2, 0.25) is 0 Å². The molecule has 0 saturated carbocycles. The van der Waals surface area contributed by atoms with Crippen LogP contribution in [0.3, 0.4) is 0 Å². The maximum Gasteiger partial charge on any atom is 0.343 e. The number of hydrogen-bond acceptors (Lipinski definition) is 4. The lowest BCUT2D eigenvalue weighted by Gasteiger charge is -2.12. The minimum absolute atomic E-state index is 0.302. The molecule has 0 fully saturated rings. The van der Waals surface area contributed by atoms with Crippen LogP contribution in [0, 0.1) is 11.3 Å². The summed E-state index contributed by atoms with van der Waals surface area (Å²) in [4.78, 5) is 12.1. The molecule has 0 aliphatic rings. The summed E-state index contributed by atoms with van der Waals surface area (Å²) in [5.41, 5.74) is 1.27. The first-order chi connectivity index (χ1) is 10.6. The van der Waals surface area contributed by atoms with Crippen LogP contribution in [0.2, 0.25) is 0 Å². The van der Waals surface area contributed by atoms with E-state index in [0.717, 1.165) is 10.0 Å². The first-order valence-corrected chi connectivity index (χ1v) is 7.47. The Morgan fingerprint density at radius 1 is 1.23 bits per heavy atom. The predicted molar refractivity (Wildman–Crippen MR) is 85.4 cm³/mol. The van der Waals surface area contributed by atoms with E-state index in [-0.39, 0.29) is 0 Å². The van der Waals surface area contributed by atoms with Crippen molar-refractivity contribution in [3.05, 3.63) is 64.1 Å². The molecule has 0 N–H and O–H groups in total. The molecular formula is C17H14BrNO3. The quantitative estimate of drug-likeness (QED) is 0.754. The fourth-order valence-electron chi connectivity index (χ4n) is 1.78. The van der Waals surface area contributed by atoms with Crippen molar-refractivity contribution in [3.8, 4) is 11.8 Å². The van der Waals surface area contributed by atoms with Crippen molar-refractivity contribution in [1.29, 1.82) is 5.26 Å². The maximum absolute atomic E-state index is 12.1. The first-order valence-electron chi connectivity index (χ1n) is 6.67. The number of nitrogens with zero attached hydrogens (tertiary/aromatic N) is 1. The van der Waals surface area contributed by atoms with E-state index in [4.69, 9.17) is 14.7 Å². The number of carbonyl (C=O) groups excluding carboxylic acids is 1. The summed E-state index contributed by atoms with van der Waals surface area (Å²) in [6.45, 7) is 1.84. The predicted octanol–water partition coefficient (Wildman–Crippen LogP) is 4.10. The van der Waals surface area contributed by atoms with Crippen LogP contribution in [-0.4, -0.2) is 12.1 Å². The van der Waals surface area contributed by atoms with Crippen molar-refractivity contribution in [2.75, 3.05) is 0 Å². The third-order valence-corrected chi connectivity index (χ3v) is 3.69. The summed E-state index contributed by atoms with van der Waals surface area (Å²) in [6, 6.07) is 16.4. The zero-order valence-electron chi connectivity index (χ0n) is 12.0. The van der Waals surface area contributed by atoms with Crippen LogP contribution >= 0.6 is 15.9 Å². The topological polar surface area (TPSA) is 59.3 Å². The lowest BCUT2D eigenvalue weighted by molar-refractivity contribution is 0.0430. The number of carbonyl (C=O) groups is 1. The van der Waals surface area contributed by atoms with Gasteiger partial charge < -0.3 is 9.47 Å². The van der Waals surface area contributed by atoms with Gasteiger partial charge in [0.25, 0.3) is 0 Å². The van der Waals surface area contributed by atoms with Gasteiger partial charge in [-0.1, -0.05) is 46.3 Å². The van der Waals surface area contributed by atoms with Crippen LogP contribution in [0.5, 0.6) is 5.75 Å². The molecule has 0 spiro atoms. The second-order valence-corrected chi connectivity index (χ2v) is 5.41. The number of esters is 1. The summed E-state index contributed by atoms with van der Waals surface area (Å²) < 4.78 is 11.7. The third kappa shape index (κ3) is 4.09. The number of halogens is 1. The normalized spacial score (nSPS) is 11.3. The molecule has 4 nitrogen and oxygen atoms in total. The third-order valence-electron chi connectivity index (χ3n) is 2.91. The molecule has 1 atom stereocenters. The molecule has 2 aromatic rings. The van der Waals surface area contributed by atoms with E-state index in [1.54, 1.807) is 24.3 Å². The van der Waals surface area contributed by atoms with Crippen molar-refractivity contribution in [2.45, 2.75) is 19.6 Å². The van der Waals surface area contributed by atoms with E-state index in [1.807, 2.05) is 30.3 Å². The van der Waals surface area contributed by atoms with Gasteiger partial charge in [-0.2, -0.15) is 5.26 Å². The SMILES string of the molecule is C[C@H](C#N)OC(=O)c1ccccc1OCc1ccccc1Br. The van der Waals surface area contributed by atoms with Gasteiger partial charge in [-0.3, -0.25) is 0 Å². The van der Waals surface area contributed by atoms with Gasteiger partial charge in [0, 0.05) is 10.0 Å². The molecule has 0 bridgehead atoms. The molecule has 22 heavy (non-hydrogen) atoms. The first kappa shape index (κ1) is 16.1. The fraction of sp³-hybridized carbons (Fsp3) is 0.176. The van der Waals surface area contributed by atoms with Crippen LogP contribution in [0.1, 0.15) is 22.8 Å². The Balaban J connectivity index is 2.14. The molecule has 5 heteroatoms. The Kier molecular flexibility index (Phi) is 5.56. The Morgan fingerprint density at radius 2 is 1.91 bits per heavy atom. The largest absolute Gasteiger partial charge is 0.488 e. The average molecular weight is 360 g/mol. The number of benzene rings is 2. The Bertz CT molecular complexity index is 709. The average Bonchev–Trinajstić information content (AvgIpc) is 2.54. The monoisotopic (exact) mass is 359 g/mol. The molecule has 0 aliphatic heterocycles. The summed E-state index contributed by atoms with van der Waals surface area (Å²) in [6.07, 6.45) is -0.802. The molecule has 0 unspecified atom stereocenters. The summed E-state index contributed by atoms with van der Waals surface area (Å²) >= 11 is 3.45. The molecule has 2 rings (SSSR count). The van der Waals surface area contributed by atoms with Gasteiger partial charge in [-0.15, -0.1) is 0 Å². The summed E-state index contributed by atoms with van der Waals surface area (Å²) in [5, 5.41) is 8.72. The minimum Gasteiger partial charge on any atom is -0.488 e. The molecule has 2 aromatic carbocycles. The molecule has 0 saturated heterocycles. The Labute approximate surface area is 137 Å². The number of hydrogen-bond donors (Lipinski definition) is 0. The highest BCUT2D eigenvalue weighted by Gasteiger charge is 2.16. The lowest BCUT2D eigenvalue weighted by Crippen LogP contribution is -2.14. The second kappa shape index (κ2) is 7.62. The van der Waals surface area contributed by atoms with Crippen molar-refractivity contribution < 1.29 is 14.3 Å². The Hall–Kier alpha value is -2.32. The van der Waals surface area contributed by atoms with Crippen LogP contribution in [0.25, 0.3) is 0 Å². The molecule has 0 radical (unpaired) electrons. The zero-order valence-corrected chi connectivity index (χ0v) is 13.5. The summed E-state index contributed by atoms with van der Waals surface area (Å²) in [7, 11) is 0. The van der Waals surface area contributed by atoms with E-state index >= 15 is 0 Å². The highest BCUT2D eigenvalue weighted by atomic mass is 79.9. The fourth-order valence-corrected chi connectivity index (χ4v) is 2.18. The molecule has 112 valence electrons. The maximum atomic E-state index is 12.1. The van der Waals surface area contributed by atoms with Gasteiger partial charge in [0.15, 0.2) is 6.10 Å². The number of para-hydroxylation sites is 1. The van der Waals surface area contributed by atoms with Crippen LogP contribution in [0.4, 0.5) is 0 Å². The second-order valence-electron chi connectivity index (χ2n) is 4.55. The van der Waals surface area contributed by atoms with Crippen molar-refractivity contribution in [2.24, 2.45) is 0 Å². The number of rotatable bonds is 5. The highest BCUT2D eigenvalue weighted by molar-refractivity contribution is 9.10. The zero-order chi connectivity index (χ0) is 15.9. The van der Waals surface area contributed by atoms with Gasteiger partial charge in [0.05, 0.1) is 0 Å². The molecular weight excluding hydrogens is 346 g/mol. The van der Waals surface area contributed by atoms with Crippen molar-refractivity contribution in [1.82, 2.24) is 0 Å². The smallest absolute Gasteiger partial charge is 0.343 e. The van der Waals surface area contributed by atoms with Crippen molar-refractivity contribution >= 4 is 21.9 Å². The van der Waals surface area contributed by atoms with E-state index in [1.165, 1.54) is 6.92 Å². The van der Waals surface area contributed by atoms with E-state index in [9.17, 15) is 4.79 Å². The van der Waals surface area contributed by atoms with Gasteiger partial charge in [-0.05, 0) is 25.1 Å². The standard InChI is InChI=1S/C17H14BrNO3/c1-12(10-19)22-17(20)14-7-3-5-9-16(14)21-11-13-6-2-4-8-15(13)18/h2-9,12H,11H2,1H3/t12-/m1/s1. The number of ether oxygens (including phenoxy) is 2. The number of nitriles is 1. The van der Waals surface area contributed by atoms with E-state index < -0.39 is 12.1 Å². The van der Waals surface area contributed by atoms with E-state index in [2.05, 4.69) is 15.9 Å². The van der Waals surface area contributed by atoms with Crippen LogP contribution < -0.4 is 4.74 Å². The Morgan fingerprint density at radius 3 is 2.64 bits per heavy atom. The minimum atomic E-state index is -0.802. The summed E-state index contributed by atoms with van der Waals surface area (Å²) in [5.74, 6) is -0.148. The molecule has 0 aromatic heterocycles. The van der Waals surface area contributed by atoms with Gasteiger partial charge in [-0.25, -0.2) is 4.79 Å².